The topological polar surface area (TPSA) is 41.1 Å². The summed E-state index contributed by atoms with van der Waals surface area (Å²) in [5, 5.41) is 6.24. The molecular formula is C24H24N2O. The van der Waals surface area contributed by atoms with Gasteiger partial charge in [0.15, 0.2) is 0 Å². The number of fused-ring (bicyclic) bond motifs is 3. The van der Waals surface area contributed by atoms with Crippen LogP contribution in [0.3, 0.4) is 0 Å². The molecule has 0 saturated carbocycles. The van der Waals surface area contributed by atoms with Gasteiger partial charge in [0.1, 0.15) is 0 Å². The van der Waals surface area contributed by atoms with Crippen molar-refractivity contribution in [1.82, 2.24) is 5.32 Å². The molecule has 0 aliphatic heterocycles. The van der Waals surface area contributed by atoms with Crippen LogP contribution in [0.4, 0.5) is 5.69 Å². The number of nitrogens with one attached hydrogen (secondary N) is 2. The monoisotopic (exact) mass is 356 g/mol. The Morgan fingerprint density at radius 1 is 0.852 bits per heavy atom. The van der Waals surface area contributed by atoms with Crippen molar-refractivity contribution < 1.29 is 4.79 Å². The van der Waals surface area contributed by atoms with Crippen molar-refractivity contribution in [3.05, 3.63) is 89.5 Å². The number of hydrogen-bond donors (Lipinski definition) is 2. The number of carbonyl (C=O) groups excluding carboxylic acids is 1. The lowest BCUT2D eigenvalue weighted by molar-refractivity contribution is -0.119. The molecule has 0 bridgehead atoms. The van der Waals surface area contributed by atoms with E-state index in [0.29, 0.717) is 13.1 Å². The zero-order chi connectivity index (χ0) is 18.5. The SMILES string of the molecule is O=C(CNc1ccc2c(c1)Cc1ccccc1-2)NCCCc1ccccc1. The predicted octanol–water partition coefficient (Wildman–Crippen LogP) is 4.42. The minimum Gasteiger partial charge on any atom is -0.376 e. The summed E-state index contributed by atoms with van der Waals surface area (Å²) in [6, 6.07) is 25.3. The van der Waals surface area contributed by atoms with Crippen LogP contribution in [0.15, 0.2) is 72.8 Å². The summed E-state index contributed by atoms with van der Waals surface area (Å²) in [6.45, 7) is 1.01. The lowest BCUT2D eigenvalue weighted by atomic mass is 10.1. The fourth-order valence-corrected chi connectivity index (χ4v) is 3.66. The van der Waals surface area contributed by atoms with Crippen LogP contribution in [-0.4, -0.2) is 19.0 Å². The molecule has 0 aromatic heterocycles. The van der Waals surface area contributed by atoms with Crippen LogP contribution in [0.1, 0.15) is 23.1 Å². The van der Waals surface area contributed by atoms with Crippen molar-refractivity contribution in [1.29, 1.82) is 0 Å². The lowest BCUT2D eigenvalue weighted by Gasteiger charge is -2.09. The van der Waals surface area contributed by atoms with E-state index < -0.39 is 0 Å². The van der Waals surface area contributed by atoms with E-state index in [0.717, 1.165) is 24.9 Å². The predicted molar refractivity (Wildman–Crippen MR) is 111 cm³/mol. The number of rotatable bonds is 7. The fraction of sp³-hybridized carbons (Fsp3) is 0.208. The van der Waals surface area contributed by atoms with Crippen molar-refractivity contribution in [3.63, 3.8) is 0 Å². The highest BCUT2D eigenvalue weighted by atomic mass is 16.1. The van der Waals surface area contributed by atoms with Crippen molar-refractivity contribution >= 4 is 11.6 Å². The smallest absolute Gasteiger partial charge is 0.239 e. The number of benzene rings is 3. The molecule has 1 amide bonds. The molecule has 1 aliphatic carbocycles. The first-order chi connectivity index (χ1) is 13.3. The molecule has 3 heteroatoms. The number of carbonyl (C=O) groups is 1. The number of anilines is 1. The van der Waals surface area contributed by atoms with Gasteiger partial charge in [0.05, 0.1) is 6.54 Å². The highest BCUT2D eigenvalue weighted by Gasteiger charge is 2.17. The first kappa shape index (κ1) is 17.3. The van der Waals surface area contributed by atoms with Crippen molar-refractivity contribution in [2.24, 2.45) is 0 Å². The highest BCUT2D eigenvalue weighted by molar-refractivity contribution is 5.82. The van der Waals surface area contributed by atoms with Crippen molar-refractivity contribution in [2.45, 2.75) is 19.3 Å². The van der Waals surface area contributed by atoms with Crippen LogP contribution in [0.2, 0.25) is 0 Å². The summed E-state index contributed by atoms with van der Waals surface area (Å²) in [4.78, 5) is 12.1. The van der Waals surface area contributed by atoms with E-state index in [4.69, 9.17) is 0 Å². The van der Waals surface area contributed by atoms with Crippen molar-refractivity contribution in [3.8, 4) is 11.1 Å². The average Bonchev–Trinajstić information content (AvgIpc) is 3.08. The molecule has 27 heavy (non-hydrogen) atoms. The van der Waals surface area contributed by atoms with E-state index in [-0.39, 0.29) is 5.91 Å². The van der Waals surface area contributed by atoms with Gasteiger partial charge in [0, 0.05) is 12.2 Å². The van der Waals surface area contributed by atoms with Gasteiger partial charge in [-0.15, -0.1) is 0 Å². The molecule has 1 aliphatic rings. The first-order valence-electron chi connectivity index (χ1n) is 9.55. The van der Waals surface area contributed by atoms with E-state index in [9.17, 15) is 4.79 Å². The lowest BCUT2D eigenvalue weighted by Crippen LogP contribution is -2.30. The van der Waals surface area contributed by atoms with Crippen LogP contribution in [-0.2, 0) is 17.6 Å². The summed E-state index contributed by atoms with van der Waals surface area (Å²) in [6.07, 6.45) is 2.90. The summed E-state index contributed by atoms with van der Waals surface area (Å²) in [7, 11) is 0. The van der Waals surface area contributed by atoms with Crippen LogP contribution in [0.25, 0.3) is 11.1 Å². The Hall–Kier alpha value is -3.07. The summed E-state index contributed by atoms with van der Waals surface area (Å²) in [5.41, 5.74) is 7.65. The number of aryl methyl sites for hydroxylation is 1. The molecule has 3 aromatic rings. The largest absolute Gasteiger partial charge is 0.376 e. The van der Waals surface area contributed by atoms with Crippen LogP contribution >= 0.6 is 0 Å². The normalized spacial score (nSPS) is 11.6. The average molecular weight is 356 g/mol. The molecule has 136 valence electrons. The Bertz CT molecular complexity index is 934. The minimum atomic E-state index is 0.0341. The van der Waals surface area contributed by atoms with Crippen LogP contribution < -0.4 is 10.6 Å². The zero-order valence-corrected chi connectivity index (χ0v) is 15.4. The third kappa shape index (κ3) is 4.20. The molecule has 0 saturated heterocycles. The fourth-order valence-electron chi connectivity index (χ4n) is 3.66. The van der Waals surface area contributed by atoms with E-state index in [1.807, 2.05) is 18.2 Å². The van der Waals surface area contributed by atoms with Gasteiger partial charge in [-0.05, 0) is 59.2 Å². The van der Waals surface area contributed by atoms with Gasteiger partial charge in [-0.1, -0.05) is 60.7 Å². The second-order valence-electron chi connectivity index (χ2n) is 7.00. The molecule has 0 fully saturated rings. The Labute approximate surface area is 160 Å². The van der Waals surface area contributed by atoms with Gasteiger partial charge in [-0.2, -0.15) is 0 Å². The maximum absolute atomic E-state index is 12.1. The summed E-state index contributed by atoms with van der Waals surface area (Å²) < 4.78 is 0. The Morgan fingerprint density at radius 3 is 2.52 bits per heavy atom. The third-order valence-electron chi connectivity index (χ3n) is 5.05. The van der Waals surface area contributed by atoms with Crippen molar-refractivity contribution in [2.75, 3.05) is 18.4 Å². The summed E-state index contributed by atoms with van der Waals surface area (Å²) in [5.74, 6) is 0.0341. The summed E-state index contributed by atoms with van der Waals surface area (Å²) >= 11 is 0. The Morgan fingerprint density at radius 2 is 1.63 bits per heavy atom. The van der Waals surface area contributed by atoms with Crippen LogP contribution in [0.5, 0.6) is 0 Å². The molecule has 0 unspecified atom stereocenters. The second-order valence-corrected chi connectivity index (χ2v) is 7.00. The second kappa shape index (κ2) is 8.09. The van der Waals surface area contributed by atoms with Crippen LogP contribution in [0, 0.1) is 0 Å². The zero-order valence-electron chi connectivity index (χ0n) is 15.4. The molecule has 0 heterocycles. The molecule has 2 N–H and O–H groups in total. The molecule has 0 radical (unpaired) electrons. The molecule has 0 atom stereocenters. The maximum Gasteiger partial charge on any atom is 0.239 e. The van der Waals surface area contributed by atoms with Gasteiger partial charge >= 0.3 is 0 Å². The van der Waals surface area contributed by atoms with Gasteiger partial charge < -0.3 is 10.6 Å². The quantitative estimate of drug-likeness (QED) is 0.481. The van der Waals surface area contributed by atoms with Gasteiger partial charge in [0.25, 0.3) is 0 Å². The van der Waals surface area contributed by atoms with E-state index in [1.165, 1.54) is 27.8 Å². The standard InChI is InChI=1S/C24H24N2O/c27-24(25-14-6-9-18-7-2-1-3-8-18)17-26-21-12-13-23-20(16-21)15-19-10-4-5-11-22(19)23/h1-5,7-8,10-13,16,26H,6,9,14-15,17H2,(H,25,27). The minimum absolute atomic E-state index is 0.0341. The highest BCUT2D eigenvalue weighted by Crippen LogP contribution is 2.37. The Kier molecular flexibility index (Phi) is 5.20. The molecule has 3 aromatic carbocycles. The molecule has 0 spiro atoms. The van der Waals surface area contributed by atoms with Gasteiger partial charge in [-0.25, -0.2) is 0 Å². The maximum atomic E-state index is 12.1. The number of amides is 1. The molecule has 4 rings (SSSR count). The van der Waals surface area contributed by atoms with E-state index in [2.05, 4.69) is 65.2 Å². The van der Waals surface area contributed by atoms with E-state index in [1.54, 1.807) is 0 Å². The molecular weight excluding hydrogens is 332 g/mol. The van der Waals surface area contributed by atoms with Gasteiger partial charge in [-0.3, -0.25) is 4.79 Å². The number of hydrogen-bond acceptors (Lipinski definition) is 2. The third-order valence-corrected chi connectivity index (χ3v) is 5.05. The Balaban J connectivity index is 1.23. The first-order valence-corrected chi connectivity index (χ1v) is 9.55. The van der Waals surface area contributed by atoms with Gasteiger partial charge in [0.2, 0.25) is 5.91 Å². The van der Waals surface area contributed by atoms with E-state index >= 15 is 0 Å². The molecule has 3 nitrogen and oxygen atoms in total.